The summed E-state index contributed by atoms with van der Waals surface area (Å²) in [6.45, 7) is 0. The van der Waals surface area contributed by atoms with E-state index >= 15 is 0 Å². The Morgan fingerprint density at radius 3 is 2.87 bits per heavy atom. The second-order valence-corrected chi connectivity index (χ2v) is 3.29. The zero-order valence-electron chi connectivity index (χ0n) is 7.64. The van der Waals surface area contributed by atoms with Gasteiger partial charge < -0.3 is 14.9 Å². The number of benzene rings is 1. The molecule has 1 aromatic rings. The van der Waals surface area contributed by atoms with Crippen molar-refractivity contribution in [1.29, 1.82) is 0 Å². The molecule has 0 amide bonds. The van der Waals surface area contributed by atoms with Crippen LogP contribution in [0.1, 0.15) is 17.9 Å². The third kappa shape index (κ3) is 1.63. The molecule has 0 spiro atoms. The van der Waals surface area contributed by atoms with Gasteiger partial charge in [-0.05, 0) is 6.07 Å². The van der Waals surface area contributed by atoms with Crippen molar-refractivity contribution in [2.24, 2.45) is 0 Å². The van der Waals surface area contributed by atoms with E-state index in [1.165, 1.54) is 18.2 Å². The van der Waals surface area contributed by atoms with E-state index in [4.69, 9.17) is 14.9 Å². The Balaban J connectivity index is 2.51. The second kappa shape index (κ2) is 3.27. The summed E-state index contributed by atoms with van der Waals surface area (Å²) < 4.78 is 4.83. The largest absolute Gasteiger partial charge is 0.508 e. The Hall–Kier alpha value is -2.04. The van der Waals surface area contributed by atoms with Gasteiger partial charge in [-0.15, -0.1) is 0 Å². The van der Waals surface area contributed by atoms with Gasteiger partial charge in [0.25, 0.3) is 0 Å². The summed E-state index contributed by atoms with van der Waals surface area (Å²) in [7, 11) is 0. The zero-order valence-corrected chi connectivity index (χ0v) is 7.64. The lowest BCUT2D eigenvalue weighted by molar-refractivity contribution is -0.145. The van der Waals surface area contributed by atoms with Gasteiger partial charge in [0.05, 0.1) is 12.3 Å². The van der Waals surface area contributed by atoms with Crippen molar-refractivity contribution in [3.8, 4) is 11.5 Å². The van der Waals surface area contributed by atoms with Crippen molar-refractivity contribution in [1.82, 2.24) is 0 Å². The van der Waals surface area contributed by atoms with E-state index in [-0.39, 0.29) is 17.9 Å². The number of hydrogen-bond acceptors (Lipinski definition) is 4. The number of carboxylic acids is 1. The number of aliphatic carboxylic acids is 1. The van der Waals surface area contributed by atoms with Crippen LogP contribution in [-0.4, -0.2) is 22.2 Å². The van der Waals surface area contributed by atoms with Gasteiger partial charge in [0.1, 0.15) is 11.5 Å². The topological polar surface area (TPSA) is 83.8 Å². The van der Waals surface area contributed by atoms with Crippen LogP contribution in [0.3, 0.4) is 0 Å². The highest BCUT2D eigenvalue weighted by molar-refractivity contribution is 5.87. The highest BCUT2D eigenvalue weighted by atomic mass is 16.5. The first-order valence-electron chi connectivity index (χ1n) is 4.34. The molecular formula is C10H8O5. The predicted molar refractivity (Wildman–Crippen MR) is 48.7 cm³/mol. The summed E-state index contributed by atoms with van der Waals surface area (Å²) in [4.78, 5) is 22.0. The Morgan fingerprint density at radius 1 is 1.47 bits per heavy atom. The molecule has 0 bridgehead atoms. The number of phenols is 1. The van der Waals surface area contributed by atoms with Crippen LogP contribution in [0.5, 0.6) is 11.5 Å². The minimum absolute atomic E-state index is 0.0624. The van der Waals surface area contributed by atoms with Gasteiger partial charge in [0.2, 0.25) is 0 Å². The lowest BCUT2D eigenvalue weighted by Gasteiger charge is -2.21. The van der Waals surface area contributed by atoms with E-state index in [0.29, 0.717) is 5.56 Å². The molecule has 1 unspecified atom stereocenters. The standard InChI is InChI=1S/C10H8O5/c11-5-1-2-6-7(10(13)14)4-9(12)15-8(6)3-5/h1-3,7,11H,4H2,(H,13,14). The minimum Gasteiger partial charge on any atom is -0.508 e. The second-order valence-electron chi connectivity index (χ2n) is 3.29. The molecule has 2 N–H and O–H groups in total. The summed E-state index contributed by atoms with van der Waals surface area (Å²) in [6, 6.07) is 4.06. The predicted octanol–water partition coefficient (Wildman–Crippen LogP) is 0.869. The maximum absolute atomic E-state index is 11.1. The molecule has 0 saturated carbocycles. The van der Waals surface area contributed by atoms with Crippen LogP contribution in [0.25, 0.3) is 0 Å². The smallest absolute Gasteiger partial charge is 0.312 e. The van der Waals surface area contributed by atoms with Gasteiger partial charge in [-0.1, -0.05) is 6.07 Å². The van der Waals surface area contributed by atoms with Crippen LogP contribution >= 0.6 is 0 Å². The van der Waals surface area contributed by atoms with E-state index in [1.54, 1.807) is 0 Å². The molecule has 1 atom stereocenters. The molecule has 1 aliphatic heterocycles. The van der Waals surface area contributed by atoms with Gasteiger partial charge in [-0.3, -0.25) is 9.59 Å². The lowest BCUT2D eigenvalue weighted by atomic mass is 9.93. The Morgan fingerprint density at radius 2 is 2.20 bits per heavy atom. The molecule has 5 heteroatoms. The van der Waals surface area contributed by atoms with Gasteiger partial charge in [-0.25, -0.2) is 0 Å². The number of hydrogen-bond donors (Lipinski definition) is 2. The van der Waals surface area contributed by atoms with Crippen molar-refractivity contribution in [3.05, 3.63) is 23.8 Å². The molecule has 0 aromatic heterocycles. The summed E-state index contributed by atoms with van der Waals surface area (Å²) >= 11 is 0. The number of carboxylic acid groups (broad SMARTS) is 1. The first-order valence-corrected chi connectivity index (χ1v) is 4.34. The average Bonchev–Trinajstić information content (AvgIpc) is 2.15. The SMILES string of the molecule is O=C1CC(C(=O)O)c2ccc(O)cc2O1. The van der Waals surface area contributed by atoms with Crippen molar-refractivity contribution < 1.29 is 24.5 Å². The maximum atomic E-state index is 11.1. The van der Waals surface area contributed by atoms with Crippen LogP contribution in [0, 0.1) is 0 Å². The molecule has 0 aliphatic carbocycles. The van der Waals surface area contributed by atoms with Gasteiger partial charge in [-0.2, -0.15) is 0 Å². The van der Waals surface area contributed by atoms with Crippen LogP contribution < -0.4 is 4.74 Å². The van der Waals surface area contributed by atoms with Crippen molar-refractivity contribution in [3.63, 3.8) is 0 Å². The number of fused-ring (bicyclic) bond motifs is 1. The van der Waals surface area contributed by atoms with Crippen LogP contribution in [0.4, 0.5) is 0 Å². The third-order valence-electron chi connectivity index (χ3n) is 2.27. The summed E-state index contributed by atoms with van der Waals surface area (Å²) in [5.41, 5.74) is 0.417. The minimum atomic E-state index is -1.07. The van der Waals surface area contributed by atoms with Gasteiger partial charge in [0.15, 0.2) is 0 Å². The molecular weight excluding hydrogens is 200 g/mol. The molecule has 5 nitrogen and oxygen atoms in total. The molecule has 0 radical (unpaired) electrons. The third-order valence-corrected chi connectivity index (χ3v) is 2.27. The van der Waals surface area contributed by atoms with E-state index in [0.717, 1.165) is 0 Å². The Bertz CT molecular complexity index is 437. The van der Waals surface area contributed by atoms with Crippen molar-refractivity contribution in [2.75, 3.05) is 0 Å². The molecule has 1 aromatic carbocycles. The molecule has 0 fully saturated rings. The zero-order chi connectivity index (χ0) is 11.0. The van der Waals surface area contributed by atoms with E-state index in [1.807, 2.05) is 0 Å². The number of aromatic hydroxyl groups is 1. The van der Waals surface area contributed by atoms with E-state index in [9.17, 15) is 9.59 Å². The summed E-state index contributed by atoms with van der Waals surface area (Å²) in [5, 5.41) is 18.1. The van der Waals surface area contributed by atoms with Gasteiger partial charge >= 0.3 is 11.9 Å². The van der Waals surface area contributed by atoms with E-state index in [2.05, 4.69) is 0 Å². The fraction of sp³-hybridized carbons (Fsp3) is 0.200. The molecule has 15 heavy (non-hydrogen) atoms. The molecule has 0 saturated heterocycles. The lowest BCUT2D eigenvalue weighted by Crippen LogP contribution is -2.25. The number of rotatable bonds is 1. The van der Waals surface area contributed by atoms with Gasteiger partial charge in [0, 0.05) is 11.6 Å². The fourth-order valence-electron chi connectivity index (χ4n) is 1.56. The Labute approximate surface area is 84.9 Å². The van der Waals surface area contributed by atoms with Crippen molar-refractivity contribution >= 4 is 11.9 Å². The normalized spacial score (nSPS) is 19.2. The highest BCUT2D eigenvalue weighted by Gasteiger charge is 2.32. The maximum Gasteiger partial charge on any atom is 0.312 e. The summed E-state index contributed by atoms with van der Waals surface area (Å²) in [6.07, 6.45) is -0.174. The molecule has 2 rings (SSSR count). The first-order chi connectivity index (χ1) is 7.08. The van der Waals surface area contributed by atoms with Crippen LogP contribution in [0.15, 0.2) is 18.2 Å². The first kappa shape index (κ1) is 9.51. The monoisotopic (exact) mass is 208 g/mol. The molecule has 78 valence electrons. The quantitative estimate of drug-likeness (QED) is 0.528. The fourth-order valence-corrected chi connectivity index (χ4v) is 1.56. The number of carbonyl (C=O) groups is 2. The average molecular weight is 208 g/mol. The van der Waals surface area contributed by atoms with E-state index < -0.39 is 17.9 Å². The van der Waals surface area contributed by atoms with Crippen LogP contribution in [0.2, 0.25) is 0 Å². The summed E-state index contributed by atoms with van der Waals surface area (Å²) in [5.74, 6) is -2.49. The number of phenolic OH excluding ortho intramolecular Hbond substituents is 1. The molecule has 1 heterocycles. The molecule has 1 aliphatic rings. The highest BCUT2D eigenvalue weighted by Crippen LogP contribution is 2.36. The number of ether oxygens (including phenoxy) is 1. The Kier molecular flexibility index (Phi) is 2.07. The van der Waals surface area contributed by atoms with Crippen LogP contribution in [-0.2, 0) is 9.59 Å². The van der Waals surface area contributed by atoms with Crippen molar-refractivity contribution in [2.45, 2.75) is 12.3 Å². The number of esters is 1. The number of carbonyl (C=O) groups excluding carboxylic acids is 1.